The molecule has 4 aliphatic carbocycles. The molecule has 3 saturated carbocycles. The first-order valence-electron chi connectivity index (χ1n) is 9.03. The number of halogens is 1. The summed E-state index contributed by atoms with van der Waals surface area (Å²) in [5, 5.41) is 0. The number of Topliss-reactive ketones (excluding diaryl/α,β-unsaturated/α-hetero) is 1. The topological polar surface area (TPSA) is 46.7 Å². The van der Waals surface area contributed by atoms with E-state index >= 15 is 0 Å². The molecule has 0 amide bonds. The molecule has 0 bridgehead atoms. The third kappa shape index (κ3) is 1.37. The fourth-order valence-electron chi connectivity index (χ4n) is 6.84. The molecule has 8 atom stereocenters. The number of alkyl halides is 1. The van der Waals surface area contributed by atoms with Crippen LogP contribution in [-0.4, -0.2) is 29.4 Å². The first-order chi connectivity index (χ1) is 11.3. The van der Waals surface area contributed by atoms with Gasteiger partial charge in [-0.3, -0.25) is 9.59 Å². The molecule has 0 N–H and O–H groups in total. The zero-order valence-corrected chi connectivity index (χ0v) is 14.2. The van der Waals surface area contributed by atoms with E-state index in [0.717, 1.165) is 24.8 Å². The Bertz CT molecular complexity index is 726. The van der Waals surface area contributed by atoms with Crippen LogP contribution in [0.15, 0.2) is 24.3 Å². The van der Waals surface area contributed by atoms with Crippen LogP contribution < -0.4 is 0 Å². The monoisotopic (exact) mass is 330 g/mol. The van der Waals surface area contributed by atoms with Gasteiger partial charge in [-0.05, 0) is 55.1 Å². The summed E-state index contributed by atoms with van der Waals surface area (Å²) in [5.41, 5.74) is -0.386. The Morgan fingerprint density at radius 3 is 2.79 bits per heavy atom. The van der Waals surface area contributed by atoms with Crippen molar-refractivity contribution in [2.24, 2.45) is 28.6 Å². The summed E-state index contributed by atoms with van der Waals surface area (Å²) in [5.74, 6) is 0.477. The lowest BCUT2D eigenvalue weighted by Crippen LogP contribution is -2.57. The summed E-state index contributed by atoms with van der Waals surface area (Å²) in [7, 11) is 0. The van der Waals surface area contributed by atoms with Crippen molar-refractivity contribution in [2.45, 2.75) is 57.4 Å². The average Bonchev–Trinajstić information content (AvgIpc) is 3.26. The van der Waals surface area contributed by atoms with Crippen LogP contribution in [0.2, 0.25) is 0 Å². The predicted octanol–water partition coefficient (Wildman–Crippen LogP) is 3.19. The van der Waals surface area contributed by atoms with Crippen molar-refractivity contribution in [2.75, 3.05) is 0 Å². The van der Waals surface area contributed by atoms with Gasteiger partial charge in [0.15, 0.2) is 23.8 Å². The van der Waals surface area contributed by atoms with Crippen molar-refractivity contribution in [1.29, 1.82) is 0 Å². The molecular formula is C20H23FO3. The maximum Gasteiger partial charge on any atom is 0.187 e. The number of ether oxygens (including phenoxy) is 1. The standard InChI is InChI=1S/C20H23FO3/c1-10-8-11-12(4-6-18(2)13(11)9-14(21)16(18)23)19(3)7-5-15(22)17-20(10,19)24-17/h5,7,11-14,17H,1,4,6,8-9H2,2-3H3/t11-,12+,13+,14+,17?,18+,19-,20?/m1/s1. The third-order valence-corrected chi connectivity index (χ3v) is 8.18. The predicted molar refractivity (Wildman–Crippen MR) is 85.9 cm³/mol. The van der Waals surface area contributed by atoms with Gasteiger partial charge in [-0.25, -0.2) is 4.39 Å². The van der Waals surface area contributed by atoms with Crippen molar-refractivity contribution in [1.82, 2.24) is 0 Å². The summed E-state index contributed by atoms with van der Waals surface area (Å²) >= 11 is 0. The molecule has 0 radical (unpaired) electrons. The lowest BCUT2D eigenvalue weighted by molar-refractivity contribution is -0.135. The van der Waals surface area contributed by atoms with Crippen molar-refractivity contribution < 1.29 is 18.7 Å². The van der Waals surface area contributed by atoms with E-state index in [-0.39, 0.29) is 34.9 Å². The number of carbonyl (C=O) groups is 2. The van der Waals surface area contributed by atoms with Gasteiger partial charge < -0.3 is 4.74 Å². The van der Waals surface area contributed by atoms with Crippen molar-refractivity contribution in [3.8, 4) is 0 Å². The van der Waals surface area contributed by atoms with Crippen molar-refractivity contribution in [3.05, 3.63) is 24.3 Å². The van der Waals surface area contributed by atoms with Gasteiger partial charge in [-0.15, -0.1) is 0 Å². The molecule has 5 rings (SSSR count). The van der Waals surface area contributed by atoms with Crippen LogP contribution >= 0.6 is 0 Å². The number of hydrogen-bond donors (Lipinski definition) is 0. The molecule has 0 aromatic heterocycles. The fraction of sp³-hybridized carbons (Fsp3) is 0.700. The lowest BCUT2D eigenvalue weighted by atomic mass is 9.45. The highest BCUT2D eigenvalue weighted by atomic mass is 19.1. The first kappa shape index (κ1) is 15.0. The molecule has 128 valence electrons. The number of fused-ring (bicyclic) bond motifs is 4. The van der Waals surface area contributed by atoms with Gasteiger partial charge in [0.2, 0.25) is 0 Å². The Labute approximate surface area is 141 Å². The molecule has 1 aliphatic heterocycles. The smallest absolute Gasteiger partial charge is 0.187 e. The molecule has 24 heavy (non-hydrogen) atoms. The molecule has 1 saturated heterocycles. The van der Waals surface area contributed by atoms with Crippen LogP contribution in [-0.2, 0) is 14.3 Å². The molecular weight excluding hydrogens is 307 g/mol. The second kappa shape index (κ2) is 4.09. The van der Waals surface area contributed by atoms with Gasteiger partial charge in [0.05, 0.1) is 0 Å². The minimum Gasteiger partial charge on any atom is -0.352 e. The highest BCUT2D eigenvalue weighted by Gasteiger charge is 2.77. The molecule has 3 nitrogen and oxygen atoms in total. The van der Waals surface area contributed by atoms with E-state index in [0.29, 0.717) is 12.3 Å². The highest BCUT2D eigenvalue weighted by Crippen LogP contribution is 2.71. The zero-order chi connectivity index (χ0) is 17.1. The van der Waals surface area contributed by atoms with Gasteiger partial charge in [0.25, 0.3) is 0 Å². The number of rotatable bonds is 0. The van der Waals surface area contributed by atoms with Gasteiger partial charge in [0, 0.05) is 10.8 Å². The van der Waals surface area contributed by atoms with E-state index in [2.05, 4.69) is 13.5 Å². The van der Waals surface area contributed by atoms with E-state index < -0.39 is 17.2 Å². The van der Waals surface area contributed by atoms with Crippen molar-refractivity contribution >= 4 is 11.6 Å². The zero-order valence-electron chi connectivity index (χ0n) is 14.2. The second-order valence-corrected chi connectivity index (χ2v) is 8.96. The largest absolute Gasteiger partial charge is 0.352 e. The maximum absolute atomic E-state index is 14.2. The minimum absolute atomic E-state index is 0.0348. The normalized spacial score (nSPS) is 58.0. The van der Waals surface area contributed by atoms with E-state index in [1.165, 1.54) is 0 Å². The molecule has 1 spiro atoms. The van der Waals surface area contributed by atoms with Gasteiger partial charge in [-0.1, -0.05) is 26.5 Å². The second-order valence-electron chi connectivity index (χ2n) is 8.96. The van der Waals surface area contributed by atoms with Gasteiger partial charge >= 0.3 is 0 Å². The molecule has 0 aromatic rings. The maximum atomic E-state index is 14.2. The van der Waals surface area contributed by atoms with Crippen LogP contribution in [0.4, 0.5) is 4.39 Å². The number of carbonyl (C=O) groups excluding carboxylic acids is 2. The molecule has 2 unspecified atom stereocenters. The fourth-order valence-corrected chi connectivity index (χ4v) is 6.84. The van der Waals surface area contributed by atoms with Gasteiger partial charge in [-0.2, -0.15) is 0 Å². The Morgan fingerprint density at radius 2 is 2.04 bits per heavy atom. The summed E-state index contributed by atoms with van der Waals surface area (Å²) in [4.78, 5) is 24.5. The SMILES string of the molecule is C=C1C[C@H]2[C@@H]3C[C@H](F)C(=O)[C@@]3(C)CC[C@@H]2[C@@]2(C)C=CC(=O)C3OC132. The molecule has 5 aliphatic rings. The van der Waals surface area contributed by atoms with Crippen molar-refractivity contribution in [3.63, 3.8) is 0 Å². The minimum atomic E-state index is -1.32. The molecule has 1 heterocycles. The summed E-state index contributed by atoms with van der Waals surface area (Å²) < 4.78 is 20.2. The number of hydrogen-bond acceptors (Lipinski definition) is 3. The summed E-state index contributed by atoms with van der Waals surface area (Å²) in [6, 6.07) is 0. The Hall–Kier alpha value is -1.29. The summed E-state index contributed by atoms with van der Waals surface area (Å²) in [6.45, 7) is 8.40. The molecule has 4 heteroatoms. The van der Waals surface area contributed by atoms with Gasteiger partial charge in [0.1, 0.15) is 5.60 Å². The number of epoxide rings is 1. The number of ketones is 2. The lowest BCUT2D eigenvalue weighted by Gasteiger charge is -2.57. The van der Waals surface area contributed by atoms with E-state index in [1.807, 2.05) is 13.0 Å². The highest BCUT2D eigenvalue weighted by molar-refractivity contribution is 5.99. The third-order valence-electron chi connectivity index (χ3n) is 8.18. The van der Waals surface area contributed by atoms with E-state index in [4.69, 9.17) is 4.74 Å². The van der Waals surface area contributed by atoms with Crippen LogP contribution in [0.25, 0.3) is 0 Å². The van der Waals surface area contributed by atoms with Crippen LogP contribution in [0.3, 0.4) is 0 Å². The Kier molecular flexibility index (Phi) is 2.56. The van der Waals surface area contributed by atoms with Crippen LogP contribution in [0.1, 0.15) is 39.5 Å². The Morgan fingerprint density at radius 1 is 1.29 bits per heavy atom. The first-order valence-corrected chi connectivity index (χ1v) is 9.03. The quantitative estimate of drug-likeness (QED) is 0.506. The summed E-state index contributed by atoms with van der Waals surface area (Å²) in [6.07, 6.45) is 4.71. The Balaban J connectivity index is 1.60. The molecule has 4 fully saturated rings. The van der Waals surface area contributed by atoms with Crippen LogP contribution in [0, 0.1) is 28.6 Å². The average molecular weight is 330 g/mol. The van der Waals surface area contributed by atoms with Crippen LogP contribution in [0.5, 0.6) is 0 Å². The van der Waals surface area contributed by atoms with E-state index in [9.17, 15) is 14.0 Å². The van der Waals surface area contributed by atoms with E-state index in [1.54, 1.807) is 6.08 Å². The molecule has 0 aromatic carbocycles.